The molecule has 0 aliphatic carbocycles. The number of nitrogens with zero attached hydrogens (tertiary/aromatic N) is 1. The molecule has 0 radical (unpaired) electrons. The molecular weight excluding hydrogens is 575 g/mol. The van der Waals surface area contributed by atoms with Crippen molar-refractivity contribution in [2.45, 2.75) is 55.9 Å². The molecule has 10 heteroatoms. The average molecular weight is 606 g/mol. The number of aromatic nitrogens is 3. The van der Waals surface area contributed by atoms with E-state index in [1.165, 1.54) is 36.2 Å². The largest absolute Gasteiger partial charge is 0.487 e. The minimum atomic E-state index is -1.13. The van der Waals surface area contributed by atoms with Gasteiger partial charge in [0.1, 0.15) is 35.0 Å². The van der Waals surface area contributed by atoms with Gasteiger partial charge in [-0.3, -0.25) is 0 Å². The Morgan fingerprint density at radius 2 is 1.93 bits per heavy atom. The quantitative estimate of drug-likeness (QED) is 0.137. The van der Waals surface area contributed by atoms with Crippen LogP contribution in [0.25, 0.3) is 22.3 Å². The van der Waals surface area contributed by atoms with Crippen LogP contribution in [0.15, 0.2) is 59.8 Å². The molecule has 0 spiro atoms. The number of aldehydes is 1. The van der Waals surface area contributed by atoms with Crippen molar-refractivity contribution in [3.05, 3.63) is 89.1 Å². The predicted octanol–water partition coefficient (Wildman–Crippen LogP) is 8.49. The summed E-state index contributed by atoms with van der Waals surface area (Å²) in [4.78, 5) is 22.1. The molecule has 0 unspecified atom stereocenters. The average Bonchev–Trinajstić information content (AvgIpc) is 3.67. The number of thioether (sulfide) groups is 1. The second-order valence-electron chi connectivity index (χ2n) is 11.5. The van der Waals surface area contributed by atoms with Gasteiger partial charge in [-0.1, -0.05) is 18.2 Å². The number of halogens is 3. The fraction of sp³-hybridized carbons (Fsp3) is 0.273. The van der Waals surface area contributed by atoms with Crippen LogP contribution in [-0.4, -0.2) is 33.1 Å². The summed E-state index contributed by atoms with van der Waals surface area (Å²) in [5.74, 6) is -1.87. The third-order valence-electron chi connectivity index (χ3n) is 7.98. The van der Waals surface area contributed by atoms with Crippen molar-refractivity contribution in [1.29, 1.82) is 0 Å². The van der Waals surface area contributed by atoms with E-state index in [9.17, 15) is 9.18 Å². The van der Waals surface area contributed by atoms with Gasteiger partial charge in [0, 0.05) is 47.3 Å². The Morgan fingerprint density at radius 1 is 1.12 bits per heavy atom. The highest BCUT2D eigenvalue weighted by atomic mass is 32.2. The maximum atomic E-state index is 15.2. The number of nitrogens with one attached hydrogen (secondary N) is 2. The van der Waals surface area contributed by atoms with Crippen molar-refractivity contribution in [3.8, 4) is 28.6 Å². The van der Waals surface area contributed by atoms with Gasteiger partial charge < -0.3 is 24.2 Å². The molecule has 0 saturated heterocycles. The lowest BCUT2D eigenvalue weighted by atomic mass is 9.69. The zero-order valence-corrected chi connectivity index (χ0v) is 24.9. The second kappa shape index (κ2) is 10.8. The van der Waals surface area contributed by atoms with Crippen LogP contribution >= 0.6 is 11.8 Å². The van der Waals surface area contributed by atoms with Gasteiger partial charge >= 0.3 is 0 Å². The molecule has 43 heavy (non-hydrogen) atoms. The topological polar surface area (TPSA) is 80.0 Å². The lowest BCUT2D eigenvalue weighted by Crippen LogP contribution is -2.44. The monoisotopic (exact) mass is 605 g/mol. The first-order valence-corrected chi connectivity index (χ1v) is 15.1. The van der Waals surface area contributed by atoms with Crippen molar-refractivity contribution in [1.82, 2.24) is 15.0 Å². The lowest BCUT2D eigenvalue weighted by molar-refractivity contribution is -0.107. The molecule has 222 valence electrons. The van der Waals surface area contributed by atoms with Gasteiger partial charge in [0.2, 0.25) is 5.82 Å². The van der Waals surface area contributed by atoms with Gasteiger partial charge in [0.15, 0.2) is 11.6 Å². The smallest absolute Gasteiger partial charge is 0.204 e. The maximum absolute atomic E-state index is 15.2. The zero-order chi connectivity index (χ0) is 30.5. The van der Waals surface area contributed by atoms with Crippen molar-refractivity contribution in [2.24, 2.45) is 0 Å². The van der Waals surface area contributed by atoms with Gasteiger partial charge in [0.05, 0.1) is 16.0 Å². The SMILES string of the molecule is CSc1c(Oc2ccc(F)c(-c3ncc([C@@]4(C)CC(C)(C)Oc5c(CCC=O)cccc54)[nH]3)c2)c(F)c(F)c2[nH]ccc12. The standard InChI is InChI=1S/C33H30F3N3O3S/c1-32(2)17-33(3,22-9-5-7-18(8-6-14-40)28(22)42-32)24-16-38-31(39-24)21-15-19(10-11-23(21)34)41-29-26(36)25(35)27-20(12-13-37-27)30(29)43-4/h5,7,9-16,37H,6,8,17H2,1-4H3,(H,38,39)/t33-/m0/s1. The Kier molecular flexibility index (Phi) is 7.28. The summed E-state index contributed by atoms with van der Waals surface area (Å²) in [6.45, 7) is 6.11. The van der Waals surface area contributed by atoms with Crippen LogP contribution in [0.3, 0.4) is 0 Å². The summed E-state index contributed by atoms with van der Waals surface area (Å²) in [7, 11) is 0. The summed E-state index contributed by atoms with van der Waals surface area (Å²) in [5.41, 5.74) is 1.74. The third-order valence-corrected chi connectivity index (χ3v) is 8.79. The first-order valence-electron chi connectivity index (χ1n) is 13.9. The molecule has 0 amide bonds. The molecule has 3 heterocycles. The highest BCUT2D eigenvalue weighted by Gasteiger charge is 2.45. The first-order chi connectivity index (χ1) is 20.6. The Labute approximate surface area is 251 Å². The Bertz CT molecular complexity index is 1870. The highest BCUT2D eigenvalue weighted by molar-refractivity contribution is 7.99. The Morgan fingerprint density at radius 3 is 2.70 bits per heavy atom. The van der Waals surface area contributed by atoms with Gasteiger partial charge in [-0.05, 0) is 63.3 Å². The van der Waals surface area contributed by atoms with E-state index in [0.717, 1.165) is 28.9 Å². The molecule has 6 rings (SSSR count). The summed E-state index contributed by atoms with van der Waals surface area (Å²) in [5, 5.41) is 0.488. The van der Waals surface area contributed by atoms with Crippen LogP contribution in [0.1, 0.15) is 50.4 Å². The van der Waals surface area contributed by atoms with Crippen molar-refractivity contribution >= 4 is 29.0 Å². The lowest BCUT2D eigenvalue weighted by Gasteiger charge is -2.44. The van der Waals surface area contributed by atoms with Crippen molar-refractivity contribution < 1.29 is 27.4 Å². The minimum absolute atomic E-state index is 0.0549. The zero-order valence-electron chi connectivity index (χ0n) is 24.1. The fourth-order valence-corrected chi connectivity index (χ4v) is 6.83. The van der Waals surface area contributed by atoms with Gasteiger partial charge in [0.25, 0.3) is 0 Å². The van der Waals surface area contributed by atoms with Crippen LogP contribution in [0.4, 0.5) is 13.2 Å². The molecule has 1 aliphatic rings. The molecule has 5 aromatic rings. The second-order valence-corrected chi connectivity index (χ2v) is 12.3. The van der Waals surface area contributed by atoms with E-state index >= 15 is 8.78 Å². The number of carbonyl (C=O) groups is 1. The minimum Gasteiger partial charge on any atom is -0.487 e. The molecule has 0 fully saturated rings. The molecular formula is C33H30F3N3O3S. The number of hydrogen-bond acceptors (Lipinski definition) is 5. The van der Waals surface area contributed by atoms with E-state index < -0.39 is 28.5 Å². The first kappa shape index (κ1) is 28.9. The van der Waals surface area contributed by atoms with E-state index in [2.05, 4.69) is 21.9 Å². The van der Waals surface area contributed by atoms with Gasteiger partial charge in [-0.2, -0.15) is 4.39 Å². The number of para-hydroxylation sites is 1. The molecule has 1 aliphatic heterocycles. The molecule has 2 N–H and O–H groups in total. The maximum Gasteiger partial charge on any atom is 0.204 e. The van der Waals surface area contributed by atoms with Crippen molar-refractivity contribution in [3.63, 3.8) is 0 Å². The number of hydrogen-bond donors (Lipinski definition) is 2. The summed E-state index contributed by atoms with van der Waals surface area (Å²) in [6.07, 6.45) is 7.42. The van der Waals surface area contributed by atoms with Crippen LogP contribution in [0.5, 0.6) is 17.2 Å². The summed E-state index contributed by atoms with van der Waals surface area (Å²) >= 11 is 1.22. The summed E-state index contributed by atoms with van der Waals surface area (Å²) < 4.78 is 57.4. The number of carbonyl (C=O) groups excluding carboxylic acids is 1. The highest BCUT2D eigenvalue weighted by Crippen LogP contribution is 2.50. The number of ether oxygens (including phenoxy) is 2. The van der Waals surface area contributed by atoms with Gasteiger partial charge in [-0.25, -0.2) is 13.8 Å². The van der Waals surface area contributed by atoms with Crippen LogP contribution in [-0.2, 0) is 16.6 Å². The van der Waals surface area contributed by atoms with Crippen LogP contribution < -0.4 is 9.47 Å². The van der Waals surface area contributed by atoms with Crippen LogP contribution in [0, 0.1) is 17.5 Å². The van der Waals surface area contributed by atoms with E-state index in [1.807, 2.05) is 32.0 Å². The number of aryl methyl sites for hydroxylation is 1. The molecule has 0 bridgehead atoms. The van der Waals surface area contributed by atoms with E-state index in [4.69, 9.17) is 9.47 Å². The number of aromatic amines is 2. The summed E-state index contributed by atoms with van der Waals surface area (Å²) in [6, 6.07) is 11.6. The Balaban J connectivity index is 1.39. The number of fused-ring (bicyclic) bond motifs is 2. The normalized spacial score (nSPS) is 17.5. The number of benzene rings is 3. The van der Waals surface area contributed by atoms with Gasteiger partial charge in [-0.15, -0.1) is 11.8 Å². The Hall–Kier alpha value is -4.18. The van der Waals surface area contributed by atoms with Crippen LogP contribution in [0.2, 0.25) is 0 Å². The predicted molar refractivity (Wildman–Crippen MR) is 161 cm³/mol. The van der Waals surface area contributed by atoms with E-state index in [-0.39, 0.29) is 28.4 Å². The number of rotatable bonds is 8. The number of imidazole rings is 1. The molecule has 6 nitrogen and oxygen atoms in total. The molecule has 3 aromatic carbocycles. The molecule has 2 aromatic heterocycles. The third kappa shape index (κ3) is 4.97. The van der Waals surface area contributed by atoms with E-state index in [0.29, 0.717) is 29.5 Å². The number of H-pyrrole nitrogens is 2. The molecule has 0 saturated carbocycles. The fourth-order valence-electron chi connectivity index (χ4n) is 6.12. The molecule has 1 atom stereocenters. The van der Waals surface area contributed by atoms with E-state index in [1.54, 1.807) is 18.5 Å². The van der Waals surface area contributed by atoms with Crippen molar-refractivity contribution in [2.75, 3.05) is 6.26 Å².